The van der Waals surface area contributed by atoms with Gasteiger partial charge >= 0.3 is 0 Å². The summed E-state index contributed by atoms with van der Waals surface area (Å²) in [4.78, 5) is 4.53. The lowest BCUT2D eigenvalue weighted by Gasteiger charge is -2.08. The van der Waals surface area contributed by atoms with Crippen molar-refractivity contribution in [2.45, 2.75) is 19.8 Å². The summed E-state index contributed by atoms with van der Waals surface area (Å²) in [6.45, 7) is 4.42. The van der Waals surface area contributed by atoms with E-state index in [1.807, 2.05) is 14.1 Å². The predicted octanol–water partition coefficient (Wildman–Crippen LogP) is 2.74. The van der Waals surface area contributed by atoms with Gasteiger partial charge in [0.1, 0.15) is 0 Å². The van der Waals surface area contributed by atoms with Crippen LogP contribution in [0.4, 0.5) is 5.95 Å². The van der Waals surface area contributed by atoms with Gasteiger partial charge in [-0.1, -0.05) is 26.0 Å². The molecule has 15 heavy (non-hydrogen) atoms. The molecule has 0 saturated carbocycles. The molecule has 2 aromatic rings. The third kappa shape index (κ3) is 1.48. The van der Waals surface area contributed by atoms with Crippen LogP contribution in [0.5, 0.6) is 0 Å². The molecule has 0 unspecified atom stereocenters. The molecule has 1 aromatic heterocycles. The van der Waals surface area contributed by atoms with Crippen LogP contribution in [0.1, 0.15) is 25.3 Å². The average molecular weight is 203 g/mol. The van der Waals surface area contributed by atoms with Gasteiger partial charge in [-0.15, -0.1) is 0 Å². The van der Waals surface area contributed by atoms with Crippen LogP contribution in [0, 0.1) is 0 Å². The first-order valence-electron chi connectivity index (χ1n) is 5.28. The number of fused-ring (bicyclic) bond motifs is 1. The quantitative estimate of drug-likeness (QED) is 0.813. The maximum atomic E-state index is 4.53. The first-order valence-corrected chi connectivity index (χ1v) is 5.28. The van der Waals surface area contributed by atoms with E-state index in [1.54, 1.807) is 0 Å². The molecule has 0 aliphatic heterocycles. The Morgan fingerprint density at radius 2 is 2.07 bits per heavy atom. The lowest BCUT2D eigenvalue weighted by molar-refractivity contribution is 0.856. The number of rotatable bonds is 2. The van der Waals surface area contributed by atoms with Gasteiger partial charge in [-0.2, -0.15) is 0 Å². The fourth-order valence-electron chi connectivity index (χ4n) is 1.99. The molecule has 0 atom stereocenters. The maximum Gasteiger partial charge on any atom is 0.203 e. The van der Waals surface area contributed by atoms with Gasteiger partial charge in [-0.25, -0.2) is 4.98 Å². The zero-order valence-corrected chi connectivity index (χ0v) is 9.70. The summed E-state index contributed by atoms with van der Waals surface area (Å²) < 4.78 is 2.12. The molecule has 0 radical (unpaired) electrons. The lowest BCUT2D eigenvalue weighted by Crippen LogP contribution is -1.99. The van der Waals surface area contributed by atoms with Crippen molar-refractivity contribution in [2.75, 3.05) is 12.4 Å². The van der Waals surface area contributed by atoms with Crippen molar-refractivity contribution >= 4 is 17.0 Å². The van der Waals surface area contributed by atoms with Gasteiger partial charge in [-0.05, 0) is 17.5 Å². The molecular weight excluding hydrogens is 186 g/mol. The molecule has 3 nitrogen and oxygen atoms in total. The minimum absolute atomic E-state index is 0.522. The molecule has 0 aliphatic carbocycles. The van der Waals surface area contributed by atoms with E-state index in [9.17, 15) is 0 Å². The lowest BCUT2D eigenvalue weighted by atomic mass is 10.0. The first-order chi connectivity index (χ1) is 7.15. The third-order valence-corrected chi connectivity index (χ3v) is 2.77. The van der Waals surface area contributed by atoms with Crippen LogP contribution in [0.15, 0.2) is 18.2 Å². The Balaban J connectivity index is 2.78. The number of nitrogens with one attached hydrogen (secondary N) is 1. The molecule has 0 bridgehead atoms. The number of benzene rings is 1. The number of aryl methyl sites for hydroxylation is 1. The number of hydrogen-bond acceptors (Lipinski definition) is 2. The number of anilines is 1. The van der Waals surface area contributed by atoms with Crippen LogP contribution < -0.4 is 5.32 Å². The van der Waals surface area contributed by atoms with Crippen molar-refractivity contribution in [3.8, 4) is 0 Å². The zero-order valence-electron chi connectivity index (χ0n) is 9.70. The summed E-state index contributed by atoms with van der Waals surface area (Å²) >= 11 is 0. The third-order valence-electron chi connectivity index (χ3n) is 2.77. The van der Waals surface area contributed by atoms with Gasteiger partial charge in [0, 0.05) is 14.1 Å². The van der Waals surface area contributed by atoms with E-state index in [1.165, 1.54) is 11.1 Å². The topological polar surface area (TPSA) is 29.9 Å². The summed E-state index contributed by atoms with van der Waals surface area (Å²) in [5.41, 5.74) is 3.65. The molecular formula is C12H17N3. The molecule has 0 aliphatic rings. The van der Waals surface area contributed by atoms with E-state index in [4.69, 9.17) is 0 Å². The van der Waals surface area contributed by atoms with Gasteiger partial charge < -0.3 is 9.88 Å². The van der Waals surface area contributed by atoms with Crippen LogP contribution >= 0.6 is 0 Å². The van der Waals surface area contributed by atoms with Crippen LogP contribution in [0.3, 0.4) is 0 Å². The van der Waals surface area contributed by atoms with Gasteiger partial charge in [0.15, 0.2) is 0 Å². The first kappa shape index (κ1) is 10.0. The van der Waals surface area contributed by atoms with E-state index in [0.29, 0.717) is 5.92 Å². The number of nitrogens with zero attached hydrogens (tertiary/aromatic N) is 2. The fourth-order valence-corrected chi connectivity index (χ4v) is 1.99. The van der Waals surface area contributed by atoms with Crippen LogP contribution in [0.2, 0.25) is 0 Å². The standard InChI is InChI=1S/C12H17N3/c1-8(2)9-6-5-7-10-11(9)15(4)12(13-3)14-10/h5-8H,1-4H3,(H,13,14). The largest absolute Gasteiger partial charge is 0.359 e. The van der Waals surface area contributed by atoms with E-state index >= 15 is 0 Å². The number of hydrogen-bond donors (Lipinski definition) is 1. The van der Waals surface area contributed by atoms with Crippen molar-refractivity contribution in [2.24, 2.45) is 7.05 Å². The molecule has 0 spiro atoms. The number of para-hydroxylation sites is 1. The Bertz CT molecular complexity index is 483. The Morgan fingerprint density at radius 1 is 1.33 bits per heavy atom. The molecule has 1 N–H and O–H groups in total. The minimum Gasteiger partial charge on any atom is -0.359 e. The van der Waals surface area contributed by atoms with Crippen molar-refractivity contribution < 1.29 is 0 Å². The summed E-state index contributed by atoms with van der Waals surface area (Å²) in [5.74, 6) is 1.44. The fraction of sp³-hybridized carbons (Fsp3) is 0.417. The number of imidazole rings is 1. The van der Waals surface area contributed by atoms with E-state index in [2.05, 4.69) is 46.9 Å². The average Bonchev–Trinajstić information content (AvgIpc) is 2.55. The van der Waals surface area contributed by atoms with Crippen molar-refractivity contribution in [3.63, 3.8) is 0 Å². The summed E-state index contributed by atoms with van der Waals surface area (Å²) in [6, 6.07) is 6.31. The Hall–Kier alpha value is -1.51. The predicted molar refractivity (Wildman–Crippen MR) is 64.3 cm³/mol. The van der Waals surface area contributed by atoms with Crippen molar-refractivity contribution in [1.29, 1.82) is 0 Å². The van der Waals surface area contributed by atoms with Gasteiger partial charge in [0.2, 0.25) is 5.95 Å². The monoisotopic (exact) mass is 203 g/mol. The smallest absolute Gasteiger partial charge is 0.203 e. The second-order valence-corrected chi connectivity index (χ2v) is 4.11. The molecule has 2 rings (SSSR count). The maximum absolute atomic E-state index is 4.53. The van der Waals surface area contributed by atoms with E-state index in [-0.39, 0.29) is 0 Å². The molecule has 1 heterocycles. The highest BCUT2D eigenvalue weighted by atomic mass is 15.2. The van der Waals surface area contributed by atoms with E-state index in [0.717, 1.165) is 11.5 Å². The summed E-state index contributed by atoms with van der Waals surface area (Å²) in [6.07, 6.45) is 0. The van der Waals surface area contributed by atoms with Gasteiger partial charge in [0.25, 0.3) is 0 Å². The van der Waals surface area contributed by atoms with Crippen LogP contribution in [-0.4, -0.2) is 16.6 Å². The van der Waals surface area contributed by atoms with Crippen molar-refractivity contribution in [3.05, 3.63) is 23.8 Å². The van der Waals surface area contributed by atoms with Crippen molar-refractivity contribution in [1.82, 2.24) is 9.55 Å². The molecule has 0 amide bonds. The Morgan fingerprint density at radius 3 is 2.67 bits per heavy atom. The highest BCUT2D eigenvalue weighted by Gasteiger charge is 2.11. The zero-order chi connectivity index (χ0) is 11.0. The molecule has 0 fully saturated rings. The van der Waals surface area contributed by atoms with Gasteiger partial charge in [-0.3, -0.25) is 0 Å². The second-order valence-electron chi connectivity index (χ2n) is 4.11. The highest BCUT2D eigenvalue weighted by molar-refractivity contribution is 5.82. The summed E-state index contributed by atoms with van der Waals surface area (Å²) in [5, 5.41) is 3.10. The number of aromatic nitrogens is 2. The highest BCUT2D eigenvalue weighted by Crippen LogP contribution is 2.26. The Labute approximate surface area is 90.1 Å². The molecule has 80 valence electrons. The SMILES string of the molecule is CNc1nc2cccc(C(C)C)c2n1C. The molecule has 0 saturated heterocycles. The van der Waals surface area contributed by atoms with E-state index < -0.39 is 0 Å². The molecule has 1 aromatic carbocycles. The summed E-state index contributed by atoms with van der Waals surface area (Å²) in [7, 11) is 3.95. The Kier molecular flexibility index (Phi) is 2.39. The second kappa shape index (κ2) is 3.57. The van der Waals surface area contributed by atoms with Crippen LogP contribution in [-0.2, 0) is 7.05 Å². The molecule has 3 heteroatoms. The minimum atomic E-state index is 0.522. The normalized spacial score (nSPS) is 11.3. The van der Waals surface area contributed by atoms with Crippen LogP contribution in [0.25, 0.3) is 11.0 Å². The van der Waals surface area contributed by atoms with Gasteiger partial charge in [0.05, 0.1) is 11.0 Å².